The van der Waals surface area contributed by atoms with Crippen LogP contribution in [-0.2, 0) is 9.59 Å². The number of carboxylic acid groups (broad SMARTS) is 1. The summed E-state index contributed by atoms with van der Waals surface area (Å²) in [6.07, 6.45) is 0.668. The third-order valence-electron chi connectivity index (χ3n) is 2.71. The molecule has 1 aromatic carbocycles. The minimum absolute atomic E-state index is 0.0453. The number of amides is 1. The Hall–Kier alpha value is -2.11. The first-order chi connectivity index (χ1) is 9.49. The van der Waals surface area contributed by atoms with E-state index >= 15 is 0 Å². The van der Waals surface area contributed by atoms with E-state index in [9.17, 15) is 14.0 Å². The number of carbonyl (C=O) groups is 2. The van der Waals surface area contributed by atoms with E-state index in [1.165, 1.54) is 29.2 Å². The summed E-state index contributed by atoms with van der Waals surface area (Å²) in [7, 11) is 1.63. The molecule has 1 amide bonds. The fourth-order valence-corrected chi connectivity index (χ4v) is 1.57. The number of ether oxygens (including phenoxy) is 1. The summed E-state index contributed by atoms with van der Waals surface area (Å²) in [5, 5.41) is 8.50. The van der Waals surface area contributed by atoms with Gasteiger partial charge >= 0.3 is 5.97 Å². The average Bonchev–Trinajstić information content (AvgIpc) is 2.40. The second kappa shape index (κ2) is 8.14. The standard InChI is InChI=1S/C14H18FNO4/c1-16(9-2-3-14(18)19)13(17)8-10-20-12-6-4-11(15)5-7-12/h4-7H,2-3,8-10H2,1H3,(H,18,19). The van der Waals surface area contributed by atoms with Gasteiger partial charge in [-0.15, -0.1) is 0 Å². The molecule has 0 atom stereocenters. The number of rotatable bonds is 8. The average molecular weight is 283 g/mol. The van der Waals surface area contributed by atoms with Gasteiger partial charge in [0, 0.05) is 20.0 Å². The lowest BCUT2D eigenvalue weighted by molar-refractivity contribution is -0.138. The Morgan fingerprint density at radius 1 is 1.25 bits per heavy atom. The normalized spacial score (nSPS) is 10.1. The van der Waals surface area contributed by atoms with Gasteiger partial charge in [0.1, 0.15) is 11.6 Å². The maximum Gasteiger partial charge on any atom is 0.303 e. The minimum atomic E-state index is -0.870. The lowest BCUT2D eigenvalue weighted by Crippen LogP contribution is -2.29. The van der Waals surface area contributed by atoms with Gasteiger partial charge in [-0.3, -0.25) is 9.59 Å². The molecule has 0 fully saturated rings. The highest BCUT2D eigenvalue weighted by molar-refractivity contribution is 5.76. The smallest absolute Gasteiger partial charge is 0.303 e. The molecule has 5 nitrogen and oxygen atoms in total. The lowest BCUT2D eigenvalue weighted by Gasteiger charge is -2.16. The number of carboxylic acids is 1. The molecule has 0 radical (unpaired) electrons. The van der Waals surface area contributed by atoms with Crippen molar-refractivity contribution in [2.24, 2.45) is 0 Å². The van der Waals surface area contributed by atoms with Crippen molar-refractivity contribution in [1.82, 2.24) is 4.90 Å². The van der Waals surface area contributed by atoms with Crippen LogP contribution in [0, 0.1) is 5.82 Å². The Kier molecular flexibility index (Phi) is 6.49. The topological polar surface area (TPSA) is 66.8 Å². The van der Waals surface area contributed by atoms with Crippen LogP contribution in [0.15, 0.2) is 24.3 Å². The summed E-state index contributed by atoms with van der Waals surface area (Å²) in [5.41, 5.74) is 0. The SMILES string of the molecule is CN(CCCC(=O)O)C(=O)CCOc1ccc(F)cc1. The third-order valence-corrected chi connectivity index (χ3v) is 2.71. The van der Waals surface area contributed by atoms with Gasteiger partial charge in [-0.1, -0.05) is 0 Å². The molecule has 110 valence electrons. The van der Waals surface area contributed by atoms with E-state index in [1.54, 1.807) is 7.05 Å². The zero-order chi connectivity index (χ0) is 15.0. The Morgan fingerprint density at radius 3 is 2.50 bits per heavy atom. The summed E-state index contributed by atoms with van der Waals surface area (Å²) in [6, 6.07) is 5.57. The predicted molar refractivity (Wildman–Crippen MR) is 71.0 cm³/mol. The van der Waals surface area contributed by atoms with Crippen molar-refractivity contribution >= 4 is 11.9 Å². The van der Waals surface area contributed by atoms with E-state index in [2.05, 4.69) is 0 Å². The maximum absolute atomic E-state index is 12.7. The Bertz CT molecular complexity index is 447. The molecular weight excluding hydrogens is 265 g/mol. The number of halogens is 1. The van der Waals surface area contributed by atoms with Gasteiger partial charge in [-0.05, 0) is 30.7 Å². The molecule has 0 unspecified atom stereocenters. The maximum atomic E-state index is 12.7. The highest BCUT2D eigenvalue weighted by Gasteiger charge is 2.09. The summed E-state index contributed by atoms with van der Waals surface area (Å²) in [5.74, 6) is -0.817. The molecule has 20 heavy (non-hydrogen) atoms. The second-order valence-corrected chi connectivity index (χ2v) is 4.36. The highest BCUT2D eigenvalue weighted by atomic mass is 19.1. The van der Waals surface area contributed by atoms with Crippen molar-refractivity contribution in [2.45, 2.75) is 19.3 Å². The molecular formula is C14H18FNO4. The molecule has 0 aliphatic heterocycles. The highest BCUT2D eigenvalue weighted by Crippen LogP contribution is 2.11. The van der Waals surface area contributed by atoms with E-state index in [4.69, 9.17) is 9.84 Å². The second-order valence-electron chi connectivity index (χ2n) is 4.36. The first-order valence-corrected chi connectivity index (χ1v) is 6.33. The Morgan fingerprint density at radius 2 is 1.90 bits per heavy atom. The fraction of sp³-hybridized carbons (Fsp3) is 0.429. The number of aliphatic carboxylic acids is 1. The van der Waals surface area contributed by atoms with Gasteiger partial charge in [0.15, 0.2) is 0 Å². The molecule has 0 aromatic heterocycles. The Balaban J connectivity index is 2.21. The fourth-order valence-electron chi connectivity index (χ4n) is 1.57. The quantitative estimate of drug-likeness (QED) is 0.791. The van der Waals surface area contributed by atoms with Gasteiger partial charge < -0.3 is 14.7 Å². The van der Waals surface area contributed by atoms with Crippen molar-refractivity contribution < 1.29 is 23.8 Å². The molecule has 1 aromatic rings. The number of hydrogen-bond acceptors (Lipinski definition) is 3. The molecule has 0 saturated carbocycles. The van der Waals surface area contributed by atoms with Gasteiger partial charge in [0.2, 0.25) is 5.91 Å². The zero-order valence-electron chi connectivity index (χ0n) is 11.3. The third kappa shape index (κ3) is 6.17. The predicted octanol–water partition coefficient (Wildman–Crippen LogP) is 1.92. The van der Waals surface area contributed by atoms with Crippen molar-refractivity contribution in [3.05, 3.63) is 30.1 Å². The van der Waals surface area contributed by atoms with Crippen LogP contribution in [0.2, 0.25) is 0 Å². The molecule has 0 saturated heterocycles. The van der Waals surface area contributed by atoms with E-state index in [0.717, 1.165) is 0 Å². The van der Waals surface area contributed by atoms with E-state index < -0.39 is 5.97 Å². The Labute approximate surface area is 117 Å². The summed E-state index contributed by atoms with van der Waals surface area (Å²) in [6.45, 7) is 0.607. The van der Waals surface area contributed by atoms with Gasteiger partial charge in [-0.25, -0.2) is 4.39 Å². The minimum Gasteiger partial charge on any atom is -0.493 e. The van der Waals surface area contributed by atoms with Crippen molar-refractivity contribution in [3.8, 4) is 5.75 Å². The van der Waals surface area contributed by atoms with Crippen molar-refractivity contribution in [3.63, 3.8) is 0 Å². The monoisotopic (exact) mass is 283 g/mol. The molecule has 0 spiro atoms. The molecule has 0 aliphatic carbocycles. The molecule has 0 bridgehead atoms. The molecule has 0 heterocycles. The molecule has 1 N–H and O–H groups in total. The van der Waals surface area contributed by atoms with Crippen molar-refractivity contribution in [2.75, 3.05) is 20.2 Å². The van der Waals surface area contributed by atoms with Crippen LogP contribution in [0.1, 0.15) is 19.3 Å². The van der Waals surface area contributed by atoms with Gasteiger partial charge in [0.05, 0.1) is 13.0 Å². The summed E-state index contributed by atoms with van der Waals surface area (Å²) >= 11 is 0. The van der Waals surface area contributed by atoms with Crippen LogP contribution in [0.5, 0.6) is 5.75 Å². The number of benzene rings is 1. The number of hydrogen-bond donors (Lipinski definition) is 1. The van der Waals surface area contributed by atoms with E-state index in [1.807, 2.05) is 0 Å². The zero-order valence-corrected chi connectivity index (χ0v) is 11.3. The van der Waals surface area contributed by atoms with E-state index in [0.29, 0.717) is 18.7 Å². The van der Waals surface area contributed by atoms with Gasteiger partial charge in [0.25, 0.3) is 0 Å². The molecule has 1 rings (SSSR count). The van der Waals surface area contributed by atoms with Gasteiger partial charge in [-0.2, -0.15) is 0 Å². The molecule has 6 heteroatoms. The summed E-state index contributed by atoms with van der Waals surface area (Å²) in [4.78, 5) is 23.5. The summed E-state index contributed by atoms with van der Waals surface area (Å²) < 4.78 is 18.0. The lowest BCUT2D eigenvalue weighted by atomic mass is 10.3. The first kappa shape index (κ1) is 15.9. The van der Waals surface area contributed by atoms with Crippen LogP contribution >= 0.6 is 0 Å². The first-order valence-electron chi connectivity index (χ1n) is 6.33. The van der Waals surface area contributed by atoms with Crippen LogP contribution < -0.4 is 4.74 Å². The van der Waals surface area contributed by atoms with Crippen LogP contribution in [0.3, 0.4) is 0 Å². The number of carbonyl (C=O) groups excluding carboxylic acids is 1. The van der Waals surface area contributed by atoms with E-state index in [-0.39, 0.29) is 31.2 Å². The number of nitrogens with zero attached hydrogens (tertiary/aromatic N) is 1. The van der Waals surface area contributed by atoms with Crippen LogP contribution in [0.4, 0.5) is 4.39 Å². The van der Waals surface area contributed by atoms with Crippen LogP contribution in [0.25, 0.3) is 0 Å². The molecule has 0 aliphatic rings. The largest absolute Gasteiger partial charge is 0.493 e. The van der Waals surface area contributed by atoms with Crippen LogP contribution in [-0.4, -0.2) is 42.1 Å². The van der Waals surface area contributed by atoms with Crippen molar-refractivity contribution in [1.29, 1.82) is 0 Å².